The summed E-state index contributed by atoms with van der Waals surface area (Å²) in [7, 11) is 0. The number of carbonyl (C=O) groups excluding carboxylic acids is 2. The Morgan fingerprint density at radius 3 is 2.37 bits per heavy atom. The van der Waals surface area contributed by atoms with Gasteiger partial charge in [0.2, 0.25) is 11.8 Å². The highest BCUT2D eigenvalue weighted by molar-refractivity contribution is 5.97. The quantitative estimate of drug-likeness (QED) is 0.633. The molecule has 2 amide bonds. The first-order chi connectivity index (χ1) is 16.5. The fourth-order valence-corrected chi connectivity index (χ4v) is 5.41. The predicted molar refractivity (Wildman–Crippen MR) is 133 cm³/mol. The van der Waals surface area contributed by atoms with E-state index in [9.17, 15) is 18.4 Å². The van der Waals surface area contributed by atoms with Crippen LogP contribution in [0.2, 0.25) is 0 Å². The summed E-state index contributed by atoms with van der Waals surface area (Å²) >= 11 is 0. The van der Waals surface area contributed by atoms with Crippen molar-refractivity contribution in [1.29, 1.82) is 0 Å². The molecule has 1 aromatic carbocycles. The molecule has 35 heavy (non-hydrogen) atoms. The SMILES string of the molecule is CCNC(=O)C1CCN(C(=O)c2ccc3c(c2)nc(C(C)(C)C)n3CC2CCC(F)(F)CC2)CC1. The number of aromatic nitrogens is 2. The number of rotatable bonds is 5. The number of amides is 2. The number of benzene rings is 1. The largest absolute Gasteiger partial charge is 0.356 e. The zero-order chi connectivity index (χ0) is 25.4. The lowest BCUT2D eigenvalue weighted by Crippen LogP contribution is -2.43. The second kappa shape index (κ2) is 9.86. The van der Waals surface area contributed by atoms with Crippen molar-refractivity contribution in [1.82, 2.24) is 19.8 Å². The molecule has 0 unspecified atom stereocenters. The van der Waals surface area contributed by atoms with Crippen LogP contribution in [0.3, 0.4) is 0 Å². The van der Waals surface area contributed by atoms with Gasteiger partial charge in [-0.25, -0.2) is 13.8 Å². The van der Waals surface area contributed by atoms with Crippen LogP contribution in [-0.2, 0) is 16.8 Å². The van der Waals surface area contributed by atoms with Crippen molar-refractivity contribution in [2.75, 3.05) is 19.6 Å². The summed E-state index contributed by atoms with van der Waals surface area (Å²) < 4.78 is 29.5. The van der Waals surface area contributed by atoms with E-state index in [1.807, 2.05) is 30.0 Å². The van der Waals surface area contributed by atoms with Crippen molar-refractivity contribution in [3.8, 4) is 0 Å². The lowest BCUT2D eigenvalue weighted by Gasteiger charge is -2.31. The maximum atomic E-state index is 13.7. The van der Waals surface area contributed by atoms with Gasteiger partial charge in [-0.2, -0.15) is 0 Å². The van der Waals surface area contributed by atoms with Crippen molar-refractivity contribution >= 4 is 22.8 Å². The average molecular weight is 489 g/mol. The maximum absolute atomic E-state index is 13.7. The molecule has 1 N–H and O–H groups in total. The summed E-state index contributed by atoms with van der Waals surface area (Å²) in [5, 5.41) is 2.87. The molecule has 0 spiro atoms. The van der Waals surface area contributed by atoms with Gasteiger partial charge in [0.05, 0.1) is 11.0 Å². The standard InChI is InChI=1S/C27H38F2N4O2/c1-5-30-23(34)19-10-14-32(15-11-19)24(35)20-6-7-22-21(16-20)31-25(26(2,3)4)33(22)17-18-8-12-27(28,29)13-9-18/h6-7,16,18-19H,5,8-15,17H2,1-4H3,(H,30,34). The van der Waals surface area contributed by atoms with Crippen molar-refractivity contribution in [3.05, 3.63) is 29.6 Å². The molecule has 1 saturated carbocycles. The Balaban J connectivity index is 1.53. The third kappa shape index (κ3) is 5.67. The van der Waals surface area contributed by atoms with Gasteiger partial charge >= 0.3 is 0 Å². The summed E-state index contributed by atoms with van der Waals surface area (Å²) in [6, 6.07) is 5.65. The van der Waals surface area contributed by atoms with Gasteiger partial charge in [-0.1, -0.05) is 20.8 Å². The normalized spacial score (nSPS) is 19.8. The topological polar surface area (TPSA) is 67.2 Å². The van der Waals surface area contributed by atoms with Gasteiger partial charge in [-0.3, -0.25) is 9.59 Å². The lowest BCUT2D eigenvalue weighted by molar-refractivity contribution is -0.126. The van der Waals surface area contributed by atoms with E-state index >= 15 is 0 Å². The fourth-order valence-electron chi connectivity index (χ4n) is 5.41. The molecule has 1 aromatic heterocycles. The molecule has 0 bridgehead atoms. The molecule has 0 atom stereocenters. The van der Waals surface area contributed by atoms with Gasteiger partial charge in [-0.15, -0.1) is 0 Å². The number of nitrogens with zero attached hydrogens (tertiary/aromatic N) is 3. The van der Waals surface area contributed by atoms with Crippen molar-refractivity contribution in [2.45, 2.75) is 84.1 Å². The van der Waals surface area contributed by atoms with Crippen molar-refractivity contribution in [3.63, 3.8) is 0 Å². The molecule has 1 aliphatic carbocycles. The van der Waals surface area contributed by atoms with Crippen LogP contribution in [0.4, 0.5) is 8.78 Å². The Labute approximate surface area is 206 Å². The van der Waals surface area contributed by atoms with Crippen LogP contribution < -0.4 is 5.32 Å². The first kappa shape index (κ1) is 25.6. The monoisotopic (exact) mass is 488 g/mol. The second-order valence-electron chi connectivity index (χ2n) is 11.3. The third-order valence-electron chi connectivity index (χ3n) is 7.45. The Bertz CT molecular complexity index is 1070. The fraction of sp³-hybridized carbons (Fsp3) is 0.667. The number of imidazole rings is 1. The maximum Gasteiger partial charge on any atom is 0.253 e. The van der Waals surface area contributed by atoms with E-state index in [1.165, 1.54) is 0 Å². The average Bonchev–Trinajstić information content (AvgIpc) is 3.18. The lowest BCUT2D eigenvalue weighted by atomic mass is 9.86. The van der Waals surface area contributed by atoms with Crippen molar-refractivity contribution < 1.29 is 18.4 Å². The van der Waals surface area contributed by atoms with Crippen LogP contribution in [0.1, 0.15) is 82.4 Å². The molecule has 2 aromatic rings. The molecule has 1 saturated heterocycles. The molecule has 192 valence electrons. The Morgan fingerprint density at radius 1 is 1.11 bits per heavy atom. The van der Waals surface area contributed by atoms with Crippen LogP contribution in [0.25, 0.3) is 11.0 Å². The number of likely N-dealkylation sites (tertiary alicyclic amines) is 1. The molecule has 4 rings (SSSR count). The summed E-state index contributed by atoms with van der Waals surface area (Å²) in [5.41, 5.74) is 2.08. The molecule has 2 fully saturated rings. The summed E-state index contributed by atoms with van der Waals surface area (Å²) in [5.74, 6) is -1.43. The number of hydrogen-bond donors (Lipinski definition) is 1. The van der Waals surface area contributed by atoms with Crippen LogP contribution >= 0.6 is 0 Å². The number of carbonyl (C=O) groups is 2. The van der Waals surface area contributed by atoms with Gasteiger partial charge in [-0.05, 0) is 56.7 Å². The number of halogens is 2. The molecule has 6 nitrogen and oxygen atoms in total. The van der Waals surface area contributed by atoms with Crippen molar-refractivity contribution in [2.24, 2.45) is 11.8 Å². The van der Waals surface area contributed by atoms with Crippen LogP contribution in [0, 0.1) is 11.8 Å². The van der Waals surface area contributed by atoms with Gasteiger partial charge in [0.1, 0.15) is 5.82 Å². The Morgan fingerprint density at radius 2 is 1.77 bits per heavy atom. The number of nitrogens with one attached hydrogen (secondary N) is 1. The summed E-state index contributed by atoms with van der Waals surface area (Å²) in [4.78, 5) is 32.1. The third-order valence-corrected chi connectivity index (χ3v) is 7.45. The second-order valence-corrected chi connectivity index (χ2v) is 11.3. The molecule has 2 heterocycles. The molecule has 8 heteroatoms. The van der Waals surface area contributed by atoms with E-state index in [0.717, 1.165) is 16.9 Å². The number of hydrogen-bond acceptors (Lipinski definition) is 3. The van der Waals surface area contributed by atoms with Gasteiger partial charge < -0.3 is 14.8 Å². The van der Waals surface area contributed by atoms with Crippen LogP contribution in [0.5, 0.6) is 0 Å². The smallest absolute Gasteiger partial charge is 0.253 e. The molecule has 0 radical (unpaired) electrons. The molecule has 2 aliphatic rings. The van der Waals surface area contributed by atoms with E-state index in [4.69, 9.17) is 4.98 Å². The zero-order valence-corrected chi connectivity index (χ0v) is 21.4. The molecular formula is C27H38F2N4O2. The van der Waals surface area contributed by atoms with E-state index in [2.05, 4.69) is 30.7 Å². The summed E-state index contributed by atoms with van der Waals surface area (Å²) in [6.45, 7) is 10.6. The Kier molecular flexibility index (Phi) is 7.21. The zero-order valence-electron chi connectivity index (χ0n) is 21.4. The first-order valence-corrected chi connectivity index (χ1v) is 12.9. The minimum absolute atomic E-state index is 0.0359. The predicted octanol–water partition coefficient (Wildman–Crippen LogP) is 5.15. The highest BCUT2D eigenvalue weighted by atomic mass is 19.3. The van der Waals surface area contributed by atoms with E-state index in [-0.39, 0.29) is 41.9 Å². The van der Waals surface area contributed by atoms with E-state index in [0.29, 0.717) is 57.4 Å². The highest BCUT2D eigenvalue weighted by Crippen LogP contribution is 2.38. The van der Waals surface area contributed by atoms with E-state index < -0.39 is 5.92 Å². The molecule has 1 aliphatic heterocycles. The van der Waals surface area contributed by atoms with Gasteiger partial charge in [0.15, 0.2) is 0 Å². The minimum Gasteiger partial charge on any atom is -0.356 e. The Hall–Kier alpha value is -2.51. The number of alkyl halides is 2. The summed E-state index contributed by atoms with van der Waals surface area (Å²) in [6.07, 6.45) is 2.26. The van der Waals surface area contributed by atoms with Gasteiger partial charge in [0.25, 0.3) is 5.91 Å². The van der Waals surface area contributed by atoms with Gasteiger partial charge in [0, 0.05) is 55.9 Å². The highest BCUT2D eigenvalue weighted by Gasteiger charge is 2.36. The number of fused-ring (bicyclic) bond motifs is 1. The number of piperidine rings is 1. The van der Waals surface area contributed by atoms with E-state index in [1.54, 1.807) is 0 Å². The van der Waals surface area contributed by atoms with Crippen LogP contribution in [-0.4, -0.2) is 51.8 Å². The van der Waals surface area contributed by atoms with Crippen LogP contribution in [0.15, 0.2) is 18.2 Å². The minimum atomic E-state index is -2.54. The molecular weight excluding hydrogens is 450 g/mol. The first-order valence-electron chi connectivity index (χ1n) is 12.9.